The molecule has 1 aromatic heterocycles. The van der Waals surface area contributed by atoms with Crippen molar-refractivity contribution in [3.05, 3.63) is 96.1 Å². The van der Waals surface area contributed by atoms with Gasteiger partial charge in [-0.25, -0.2) is 13.4 Å². The molecule has 1 saturated heterocycles. The summed E-state index contributed by atoms with van der Waals surface area (Å²) in [6.45, 7) is 1.24. The molecule has 3 aromatic carbocycles. The predicted molar refractivity (Wildman–Crippen MR) is 158 cm³/mol. The number of imidazole rings is 1. The standard InChI is InChI=1S/C30H29N3O5S2/c1-37-27-15-13-24(22-28(27)40(35,36)32-17-19-38-20-18-32)14-16-29(34)33-26-12-6-5-11-25(26)31-30(33)39-21-7-10-23-8-3-2-4-9-23/h2-16,22H,17-21H2,1H3/b10-7+,16-14+. The van der Waals surface area contributed by atoms with Crippen LogP contribution in [0.15, 0.2) is 95.0 Å². The Morgan fingerprint density at radius 3 is 2.52 bits per heavy atom. The maximum absolute atomic E-state index is 13.5. The first-order chi connectivity index (χ1) is 19.5. The third-order valence-corrected chi connectivity index (χ3v) is 9.17. The number of aromatic nitrogens is 2. The van der Waals surface area contributed by atoms with Crippen molar-refractivity contribution in [1.82, 2.24) is 13.9 Å². The zero-order valence-electron chi connectivity index (χ0n) is 22.0. The summed E-state index contributed by atoms with van der Waals surface area (Å²) < 4.78 is 40.3. The summed E-state index contributed by atoms with van der Waals surface area (Å²) in [5, 5.41) is 0.582. The van der Waals surface area contributed by atoms with E-state index in [1.165, 1.54) is 35.3 Å². The lowest BCUT2D eigenvalue weighted by atomic mass is 10.2. The molecule has 1 fully saturated rings. The van der Waals surface area contributed by atoms with Crippen LogP contribution in [-0.2, 0) is 14.8 Å². The van der Waals surface area contributed by atoms with Gasteiger partial charge in [-0.15, -0.1) is 0 Å². The van der Waals surface area contributed by atoms with Crippen LogP contribution in [0.25, 0.3) is 23.2 Å². The number of hydrogen-bond donors (Lipinski definition) is 0. The lowest BCUT2D eigenvalue weighted by Gasteiger charge is -2.26. The first-order valence-electron chi connectivity index (χ1n) is 12.8. The topological polar surface area (TPSA) is 90.7 Å². The molecule has 0 atom stereocenters. The van der Waals surface area contributed by atoms with Crippen molar-refractivity contribution in [2.24, 2.45) is 0 Å². The molecule has 0 N–H and O–H groups in total. The van der Waals surface area contributed by atoms with Gasteiger partial charge in [0.2, 0.25) is 10.0 Å². The molecular formula is C30H29N3O5S2. The molecule has 2 heterocycles. The van der Waals surface area contributed by atoms with Crippen LogP contribution in [0.5, 0.6) is 5.75 Å². The van der Waals surface area contributed by atoms with E-state index in [2.05, 4.69) is 4.98 Å². The second-order valence-corrected chi connectivity index (χ2v) is 11.8. The Kier molecular flexibility index (Phi) is 8.81. The maximum Gasteiger partial charge on any atom is 0.257 e. The molecule has 5 rings (SSSR count). The predicted octanol–water partition coefficient (Wildman–Crippen LogP) is 5.22. The van der Waals surface area contributed by atoms with Crippen molar-refractivity contribution in [1.29, 1.82) is 0 Å². The molecule has 0 spiro atoms. The summed E-state index contributed by atoms with van der Waals surface area (Å²) >= 11 is 1.47. The molecule has 0 saturated carbocycles. The summed E-state index contributed by atoms with van der Waals surface area (Å²) in [4.78, 5) is 18.2. The van der Waals surface area contributed by atoms with Gasteiger partial charge in [0.25, 0.3) is 5.91 Å². The minimum absolute atomic E-state index is 0.0565. The van der Waals surface area contributed by atoms with Crippen LogP contribution in [-0.4, -0.2) is 67.3 Å². The van der Waals surface area contributed by atoms with Gasteiger partial charge in [0.05, 0.1) is 31.4 Å². The molecule has 4 aromatic rings. The Morgan fingerprint density at radius 1 is 1.00 bits per heavy atom. The fraction of sp³-hybridized carbons (Fsp3) is 0.200. The molecule has 0 aliphatic carbocycles. The molecule has 0 bridgehead atoms. The Labute approximate surface area is 238 Å². The van der Waals surface area contributed by atoms with E-state index in [1.54, 1.807) is 22.8 Å². The van der Waals surface area contributed by atoms with E-state index < -0.39 is 10.0 Å². The van der Waals surface area contributed by atoms with Crippen LogP contribution in [0.2, 0.25) is 0 Å². The van der Waals surface area contributed by atoms with E-state index in [4.69, 9.17) is 9.47 Å². The average molecular weight is 576 g/mol. The van der Waals surface area contributed by atoms with Crippen molar-refractivity contribution in [2.75, 3.05) is 39.2 Å². The van der Waals surface area contributed by atoms with Gasteiger partial charge in [-0.1, -0.05) is 72.4 Å². The fourth-order valence-corrected chi connectivity index (χ4v) is 6.77. The van der Waals surface area contributed by atoms with Gasteiger partial charge >= 0.3 is 0 Å². The summed E-state index contributed by atoms with van der Waals surface area (Å²) in [5.41, 5.74) is 3.09. The number of rotatable bonds is 9. The van der Waals surface area contributed by atoms with E-state index >= 15 is 0 Å². The van der Waals surface area contributed by atoms with Gasteiger partial charge in [0, 0.05) is 24.9 Å². The van der Waals surface area contributed by atoms with E-state index in [0.717, 1.165) is 11.1 Å². The number of sulfonamides is 1. The highest BCUT2D eigenvalue weighted by Gasteiger charge is 2.29. The number of ether oxygens (including phenoxy) is 2. The third-order valence-electron chi connectivity index (χ3n) is 6.36. The number of carbonyl (C=O) groups excluding carboxylic acids is 1. The minimum Gasteiger partial charge on any atom is -0.495 e. The van der Waals surface area contributed by atoms with E-state index in [-0.39, 0.29) is 29.6 Å². The average Bonchev–Trinajstić information content (AvgIpc) is 3.37. The number of fused-ring (bicyclic) bond motifs is 1. The molecule has 10 heteroatoms. The SMILES string of the molecule is COc1ccc(/C=C/C(=O)n2c(SC/C=C/c3ccccc3)nc3ccccc32)cc1S(=O)(=O)N1CCOCC1. The van der Waals surface area contributed by atoms with Crippen LogP contribution in [0.3, 0.4) is 0 Å². The fourth-order valence-electron chi connectivity index (χ4n) is 4.35. The first kappa shape index (κ1) is 27.9. The Hall–Kier alpha value is -3.70. The van der Waals surface area contributed by atoms with E-state index in [9.17, 15) is 13.2 Å². The molecule has 0 amide bonds. The zero-order valence-corrected chi connectivity index (χ0v) is 23.6. The van der Waals surface area contributed by atoms with Crippen LogP contribution < -0.4 is 4.74 Å². The second-order valence-electron chi connectivity index (χ2n) is 8.94. The van der Waals surface area contributed by atoms with Gasteiger partial charge in [-0.2, -0.15) is 4.31 Å². The molecule has 1 aliphatic heterocycles. The highest BCUT2D eigenvalue weighted by molar-refractivity contribution is 7.99. The number of para-hydroxylation sites is 2. The Balaban J connectivity index is 1.39. The van der Waals surface area contributed by atoms with Gasteiger partial charge in [0.15, 0.2) is 5.16 Å². The number of hydrogen-bond acceptors (Lipinski definition) is 7. The lowest BCUT2D eigenvalue weighted by molar-refractivity contribution is 0.0729. The second kappa shape index (κ2) is 12.6. The molecule has 8 nitrogen and oxygen atoms in total. The van der Waals surface area contributed by atoms with Crippen LogP contribution in [0.4, 0.5) is 0 Å². The van der Waals surface area contributed by atoms with Gasteiger partial charge < -0.3 is 9.47 Å². The van der Waals surface area contributed by atoms with Crippen molar-refractivity contribution in [3.8, 4) is 5.75 Å². The largest absolute Gasteiger partial charge is 0.495 e. The summed E-state index contributed by atoms with van der Waals surface area (Å²) in [6, 6.07) is 22.3. The lowest BCUT2D eigenvalue weighted by Crippen LogP contribution is -2.40. The van der Waals surface area contributed by atoms with E-state index in [1.807, 2.05) is 66.7 Å². The summed E-state index contributed by atoms with van der Waals surface area (Å²) in [7, 11) is -2.36. The zero-order chi connectivity index (χ0) is 28.0. The molecule has 0 radical (unpaired) electrons. The van der Waals surface area contributed by atoms with Crippen LogP contribution >= 0.6 is 11.8 Å². The quantitative estimate of drug-likeness (QED) is 0.200. The molecule has 206 valence electrons. The van der Waals surface area contributed by atoms with Gasteiger partial charge in [0.1, 0.15) is 10.6 Å². The number of allylic oxidation sites excluding steroid dienone is 1. The smallest absolute Gasteiger partial charge is 0.257 e. The van der Waals surface area contributed by atoms with Crippen molar-refractivity contribution in [2.45, 2.75) is 10.1 Å². The molecule has 40 heavy (non-hydrogen) atoms. The number of benzene rings is 3. The normalized spacial score (nSPS) is 14.8. The van der Waals surface area contributed by atoms with E-state index in [0.29, 0.717) is 35.2 Å². The number of nitrogens with zero attached hydrogens (tertiary/aromatic N) is 3. The van der Waals surface area contributed by atoms with Gasteiger partial charge in [-0.3, -0.25) is 9.36 Å². The Morgan fingerprint density at radius 2 is 1.75 bits per heavy atom. The number of methoxy groups -OCH3 is 1. The third kappa shape index (κ3) is 6.20. The minimum atomic E-state index is -3.79. The van der Waals surface area contributed by atoms with Crippen molar-refractivity contribution in [3.63, 3.8) is 0 Å². The Bertz CT molecular complexity index is 1660. The highest BCUT2D eigenvalue weighted by Crippen LogP contribution is 2.29. The number of carbonyl (C=O) groups is 1. The number of morpholine rings is 1. The highest BCUT2D eigenvalue weighted by atomic mass is 32.2. The van der Waals surface area contributed by atoms with Crippen molar-refractivity contribution < 1.29 is 22.7 Å². The van der Waals surface area contributed by atoms with Crippen LogP contribution in [0.1, 0.15) is 15.9 Å². The summed E-state index contributed by atoms with van der Waals surface area (Å²) in [5.74, 6) is 0.602. The monoisotopic (exact) mass is 575 g/mol. The van der Waals surface area contributed by atoms with Gasteiger partial charge in [-0.05, 0) is 41.5 Å². The molecular weight excluding hydrogens is 546 g/mol. The maximum atomic E-state index is 13.5. The molecule has 0 unspecified atom stereocenters. The van der Waals surface area contributed by atoms with Crippen molar-refractivity contribution >= 4 is 50.9 Å². The number of thioether (sulfide) groups is 1. The molecule has 1 aliphatic rings. The first-order valence-corrected chi connectivity index (χ1v) is 15.2. The summed E-state index contributed by atoms with van der Waals surface area (Å²) in [6.07, 6.45) is 7.12. The van der Waals surface area contributed by atoms with Crippen LogP contribution in [0, 0.1) is 0 Å².